The van der Waals surface area contributed by atoms with Gasteiger partial charge in [-0.3, -0.25) is 9.10 Å². The van der Waals surface area contributed by atoms with Gasteiger partial charge in [-0.05, 0) is 36.4 Å². The predicted octanol–water partition coefficient (Wildman–Crippen LogP) is 3.03. The van der Waals surface area contributed by atoms with E-state index in [9.17, 15) is 13.2 Å². The van der Waals surface area contributed by atoms with E-state index in [1.807, 2.05) is 18.2 Å². The molecule has 0 unspecified atom stereocenters. The molecule has 1 aliphatic heterocycles. The third kappa shape index (κ3) is 2.32. The Morgan fingerprint density at radius 1 is 1.15 bits per heavy atom. The fourth-order valence-electron chi connectivity index (χ4n) is 3.11. The van der Waals surface area contributed by atoms with Crippen LogP contribution in [0.1, 0.15) is 15.9 Å². The van der Waals surface area contributed by atoms with Crippen LogP contribution in [0.3, 0.4) is 0 Å². The number of carbonyl (C=O) groups is 1. The summed E-state index contributed by atoms with van der Waals surface area (Å²) in [5, 5.41) is 0.842. The number of ether oxygens (including phenoxy) is 1. The van der Waals surface area contributed by atoms with Gasteiger partial charge in [-0.25, -0.2) is 8.42 Å². The van der Waals surface area contributed by atoms with Crippen molar-refractivity contribution < 1.29 is 17.9 Å². The van der Waals surface area contributed by atoms with Gasteiger partial charge in [-0.2, -0.15) is 0 Å². The Labute approximate surface area is 150 Å². The summed E-state index contributed by atoms with van der Waals surface area (Å²) in [6.45, 7) is 0. The maximum absolute atomic E-state index is 12.9. The van der Waals surface area contributed by atoms with E-state index in [-0.39, 0.29) is 21.9 Å². The third-order valence-corrected chi connectivity index (χ3v) is 6.38. The molecule has 132 valence electrons. The summed E-state index contributed by atoms with van der Waals surface area (Å²) in [7, 11) is -0.792. The number of likely N-dealkylation sites (N-methyl/N-ethyl adjacent to an activating group) is 1. The summed E-state index contributed by atoms with van der Waals surface area (Å²) >= 11 is 0. The van der Waals surface area contributed by atoms with Crippen LogP contribution in [0.5, 0.6) is 5.75 Å². The molecule has 0 atom stereocenters. The van der Waals surface area contributed by atoms with Crippen LogP contribution in [0.2, 0.25) is 0 Å². The number of methoxy groups -OCH3 is 1. The van der Waals surface area contributed by atoms with Gasteiger partial charge in [0.2, 0.25) is 5.78 Å². The summed E-state index contributed by atoms with van der Waals surface area (Å²) in [6.07, 6.45) is 3.33. The van der Waals surface area contributed by atoms with Gasteiger partial charge in [0.05, 0.1) is 12.0 Å². The third-order valence-electron chi connectivity index (χ3n) is 4.56. The summed E-state index contributed by atoms with van der Waals surface area (Å²) < 4.78 is 31.8. The molecule has 0 fully saturated rings. The second-order valence-corrected chi connectivity index (χ2v) is 7.92. The summed E-state index contributed by atoms with van der Waals surface area (Å²) in [6, 6.07) is 11.8. The Hall–Kier alpha value is -3.06. The van der Waals surface area contributed by atoms with Crippen LogP contribution in [0.15, 0.2) is 59.3 Å². The van der Waals surface area contributed by atoms with Crippen LogP contribution < -0.4 is 4.74 Å². The van der Waals surface area contributed by atoms with Crippen molar-refractivity contribution in [3.05, 3.63) is 65.5 Å². The van der Waals surface area contributed by atoms with Crippen LogP contribution in [-0.2, 0) is 10.0 Å². The molecule has 0 spiro atoms. The van der Waals surface area contributed by atoms with Crippen molar-refractivity contribution in [1.29, 1.82) is 0 Å². The zero-order valence-electron chi connectivity index (χ0n) is 14.2. The van der Waals surface area contributed by atoms with Crippen LogP contribution in [0, 0.1) is 0 Å². The van der Waals surface area contributed by atoms with E-state index < -0.39 is 10.0 Å². The maximum atomic E-state index is 12.9. The smallest absolute Gasteiger partial charge is 0.264 e. The van der Waals surface area contributed by atoms with Crippen molar-refractivity contribution in [1.82, 2.24) is 9.29 Å². The predicted molar refractivity (Wildman–Crippen MR) is 98.5 cm³/mol. The molecule has 7 heteroatoms. The molecule has 1 aromatic heterocycles. The molecule has 1 N–H and O–H groups in total. The van der Waals surface area contributed by atoms with E-state index >= 15 is 0 Å². The standard InChI is InChI=1S/C19H16N2O4S/c1-21-17(19(22)14-5-3-4-6-18(14)26(21,23)24)9-12-11-20-16-8-7-13(25-2)10-15(12)16/h3-11,20H,1-2H3. The molecule has 6 nitrogen and oxygen atoms in total. The molecule has 4 rings (SSSR count). The van der Waals surface area contributed by atoms with E-state index in [0.717, 1.165) is 15.2 Å². The Morgan fingerprint density at radius 2 is 1.92 bits per heavy atom. The van der Waals surface area contributed by atoms with E-state index in [2.05, 4.69) is 4.98 Å². The number of aromatic nitrogens is 1. The molecule has 0 radical (unpaired) electrons. The number of carbonyl (C=O) groups excluding carboxylic acids is 1. The lowest BCUT2D eigenvalue weighted by Gasteiger charge is -2.27. The quantitative estimate of drug-likeness (QED) is 0.705. The molecule has 0 amide bonds. The fraction of sp³-hybridized carbons (Fsp3) is 0.105. The average molecular weight is 368 g/mol. The number of sulfonamides is 1. The minimum absolute atomic E-state index is 0.0326. The number of hydrogen-bond donors (Lipinski definition) is 1. The number of aromatic amines is 1. The van der Waals surface area contributed by atoms with Crippen molar-refractivity contribution in [3.8, 4) is 5.75 Å². The average Bonchev–Trinajstić information content (AvgIpc) is 3.06. The molecule has 3 aromatic rings. The summed E-state index contributed by atoms with van der Waals surface area (Å²) in [5.41, 5.74) is 1.87. The zero-order valence-corrected chi connectivity index (χ0v) is 15.0. The molecule has 0 bridgehead atoms. The SMILES string of the molecule is COc1ccc2[nH]cc(C=C3C(=O)c4ccccc4S(=O)(=O)N3C)c2c1. The molecular weight excluding hydrogens is 352 g/mol. The normalized spacial score (nSPS) is 17.5. The number of H-pyrrole nitrogens is 1. The summed E-state index contributed by atoms with van der Waals surface area (Å²) in [5.74, 6) is 0.355. The van der Waals surface area contributed by atoms with Crippen molar-refractivity contribution >= 4 is 32.8 Å². The topological polar surface area (TPSA) is 79.5 Å². The van der Waals surface area contributed by atoms with Crippen molar-refractivity contribution in [3.63, 3.8) is 0 Å². The highest BCUT2D eigenvalue weighted by Gasteiger charge is 2.36. The van der Waals surface area contributed by atoms with E-state index in [4.69, 9.17) is 4.74 Å². The Morgan fingerprint density at radius 3 is 2.69 bits per heavy atom. The van der Waals surface area contributed by atoms with Crippen LogP contribution >= 0.6 is 0 Å². The highest BCUT2D eigenvalue weighted by Crippen LogP contribution is 2.33. The van der Waals surface area contributed by atoms with Gasteiger partial charge < -0.3 is 9.72 Å². The van der Waals surface area contributed by atoms with E-state index in [1.54, 1.807) is 31.5 Å². The van der Waals surface area contributed by atoms with Gasteiger partial charge in [0, 0.05) is 35.3 Å². The van der Waals surface area contributed by atoms with Gasteiger partial charge in [0.15, 0.2) is 0 Å². The number of rotatable bonds is 2. The number of nitrogens with one attached hydrogen (secondary N) is 1. The lowest BCUT2D eigenvalue weighted by molar-refractivity contribution is 0.101. The number of benzene rings is 2. The van der Waals surface area contributed by atoms with Crippen LogP contribution in [-0.4, -0.2) is 37.6 Å². The second kappa shape index (κ2) is 5.74. The second-order valence-electron chi connectivity index (χ2n) is 5.98. The number of allylic oxidation sites excluding steroid dienone is 1. The number of hydrogen-bond acceptors (Lipinski definition) is 4. The molecule has 2 heterocycles. The molecule has 1 aliphatic rings. The Bertz CT molecular complexity index is 1180. The first-order chi connectivity index (χ1) is 12.4. The highest BCUT2D eigenvalue weighted by molar-refractivity contribution is 7.89. The van der Waals surface area contributed by atoms with Crippen molar-refractivity contribution in [2.75, 3.05) is 14.2 Å². The molecule has 0 saturated heterocycles. The summed E-state index contributed by atoms with van der Waals surface area (Å²) in [4.78, 5) is 16.0. The minimum Gasteiger partial charge on any atom is -0.497 e. The van der Waals surface area contributed by atoms with Crippen LogP contribution in [0.25, 0.3) is 17.0 Å². The molecule has 0 aliphatic carbocycles. The lowest BCUT2D eigenvalue weighted by Crippen LogP contribution is -2.36. The number of ketones is 1. The Balaban J connectivity index is 1.92. The number of Topliss-reactive ketones (excluding diaryl/α,β-unsaturated/α-hetero) is 1. The number of nitrogens with zero attached hydrogens (tertiary/aromatic N) is 1. The van der Waals surface area contributed by atoms with Crippen LogP contribution in [0.4, 0.5) is 0 Å². The molecule has 26 heavy (non-hydrogen) atoms. The molecule has 0 saturated carbocycles. The van der Waals surface area contributed by atoms with E-state index in [1.165, 1.54) is 19.2 Å². The zero-order chi connectivity index (χ0) is 18.5. The highest BCUT2D eigenvalue weighted by atomic mass is 32.2. The first kappa shape index (κ1) is 16.4. The van der Waals surface area contributed by atoms with Gasteiger partial charge >= 0.3 is 0 Å². The van der Waals surface area contributed by atoms with Crippen molar-refractivity contribution in [2.45, 2.75) is 4.90 Å². The monoisotopic (exact) mass is 368 g/mol. The van der Waals surface area contributed by atoms with Gasteiger partial charge in [0.1, 0.15) is 11.4 Å². The first-order valence-corrected chi connectivity index (χ1v) is 9.37. The molecular formula is C19H16N2O4S. The van der Waals surface area contributed by atoms with E-state index in [0.29, 0.717) is 11.3 Å². The van der Waals surface area contributed by atoms with Gasteiger partial charge in [-0.1, -0.05) is 12.1 Å². The molecule has 2 aromatic carbocycles. The maximum Gasteiger partial charge on any atom is 0.264 e. The van der Waals surface area contributed by atoms with Gasteiger partial charge in [0.25, 0.3) is 10.0 Å². The first-order valence-electron chi connectivity index (χ1n) is 7.93. The fourth-order valence-corrected chi connectivity index (χ4v) is 4.49. The lowest BCUT2D eigenvalue weighted by atomic mass is 10.0. The largest absolute Gasteiger partial charge is 0.497 e. The van der Waals surface area contributed by atoms with Gasteiger partial charge in [-0.15, -0.1) is 0 Å². The minimum atomic E-state index is -3.76. The number of fused-ring (bicyclic) bond motifs is 2. The Kier molecular flexibility index (Phi) is 3.62. The van der Waals surface area contributed by atoms with Crippen molar-refractivity contribution in [2.24, 2.45) is 0 Å².